The summed E-state index contributed by atoms with van der Waals surface area (Å²) >= 11 is 0. The predicted molar refractivity (Wildman–Crippen MR) is 114 cm³/mol. The first-order valence-electron chi connectivity index (χ1n) is 10.0. The van der Waals surface area contributed by atoms with Gasteiger partial charge in [0.2, 0.25) is 5.91 Å². The van der Waals surface area contributed by atoms with Crippen LogP contribution < -0.4 is 9.64 Å². The highest BCUT2D eigenvalue weighted by Gasteiger charge is 2.41. The van der Waals surface area contributed by atoms with Crippen molar-refractivity contribution in [3.63, 3.8) is 0 Å². The highest BCUT2D eigenvalue weighted by atomic mass is 32.2. The Morgan fingerprint density at radius 1 is 1.16 bits per heavy atom. The number of esters is 1. The van der Waals surface area contributed by atoms with Crippen LogP contribution in [-0.4, -0.2) is 57.3 Å². The van der Waals surface area contributed by atoms with Gasteiger partial charge in [-0.25, -0.2) is 12.7 Å². The Kier molecular flexibility index (Phi) is 5.64. The van der Waals surface area contributed by atoms with Crippen LogP contribution in [0.5, 0.6) is 5.75 Å². The number of hydrogen-bond acceptors (Lipinski definition) is 7. The molecule has 1 unspecified atom stereocenters. The number of carbonyl (C=O) groups excluding carboxylic acids is 3. The summed E-state index contributed by atoms with van der Waals surface area (Å²) in [4.78, 5) is 38.9. The summed E-state index contributed by atoms with van der Waals surface area (Å²) in [7, 11) is -2.46. The van der Waals surface area contributed by atoms with Crippen molar-refractivity contribution in [3.8, 4) is 5.75 Å². The number of ether oxygens (including phenoxy) is 2. The summed E-state index contributed by atoms with van der Waals surface area (Å²) in [6, 6.07) is 11.4. The van der Waals surface area contributed by atoms with E-state index in [0.29, 0.717) is 15.7 Å². The van der Waals surface area contributed by atoms with Crippen LogP contribution in [0.3, 0.4) is 0 Å². The standard InChI is InChI=1S/C22H22N2O7S/c1-14-7-8-18(30-2)17(11-14)23-13-15(12-20(23)25)22(27)31-10-9-24-21(26)16-5-3-4-6-19(16)32(24,28)29/h3-8,11,15H,9-10,12-13H2,1-2H3. The van der Waals surface area contributed by atoms with Gasteiger partial charge in [0.25, 0.3) is 15.9 Å². The van der Waals surface area contributed by atoms with Crippen molar-refractivity contribution in [2.75, 3.05) is 31.7 Å². The van der Waals surface area contributed by atoms with E-state index in [1.54, 1.807) is 18.2 Å². The molecule has 0 aliphatic carbocycles. The van der Waals surface area contributed by atoms with E-state index in [9.17, 15) is 22.8 Å². The van der Waals surface area contributed by atoms with Gasteiger partial charge in [0, 0.05) is 13.0 Å². The molecule has 0 N–H and O–H groups in total. The molecule has 2 aromatic rings. The molecule has 2 heterocycles. The molecule has 2 aromatic carbocycles. The number of aryl methyl sites for hydroxylation is 1. The molecule has 0 saturated carbocycles. The number of amides is 2. The first-order valence-corrected chi connectivity index (χ1v) is 11.5. The summed E-state index contributed by atoms with van der Waals surface area (Å²) in [5, 5.41) is 0. The van der Waals surface area contributed by atoms with E-state index in [-0.39, 0.29) is 42.5 Å². The third-order valence-corrected chi connectivity index (χ3v) is 7.37. The SMILES string of the molecule is COc1ccc(C)cc1N1CC(C(=O)OCCN2C(=O)c3ccccc3S2(=O)=O)CC1=O. The number of carbonyl (C=O) groups is 3. The molecule has 32 heavy (non-hydrogen) atoms. The minimum absolute atomic E-state index is 0.0255. The van der Waals surface area contributed by atoms with Crippen LogP contribution in [0.1, 0.15) is 22.3 Å². The molecular formula is C22H22N2O7S. The maximum Gasteiger partial charge on any atom is 0.311 e. The maximum absolute atomic E-state index is 12.6. The monoisotopic (exact) mass is 458 g/mol. The minimum atomic E-state index is -3.96. The van der Waals surface area contributed by atoms with Crippen LogP contribution in [-0.2, 0) is 24.3 Å². The van der Waals surface area contributed by atoms with E-state index in [2.05, 4.69) is 0 Å². The smallest absolute Gasteiger partial charge is 0.311 e. The molecule has 2 amide bonds. The average Bonchev–Trinajstić information content (AvgIpc) is 3.25. The third kappa shape index (κ3) is 3.70. The van der Waals surface area contributed by atoms with Crippen molar-refractivity contribution in [1.82, 2.24) is 4.31 Å². The van der Waals surface area contributed by atoms with E-state index in [1.807, 2.05) is 19.1 Å². The summed E-state index contributed by atoms with van der Waals surface area (Å²) in [6.45, 7) is 1.43. The molecule has 0 spiro atoms. The van der Waals surface area contributed by atoms with Gasteiger partial charge < -0.3 is 14.4 Å². The van der Waals surface area contributed by atoms with Gasteiger partial charge in [-0.1, -0.05) is 18.2 Å². The number of rotatable bonds is 6. The van der Waals surface area contributed by atoms with E-state index >= 15 is 0 Å². The first-order chi connectivity index (χ1) is 15.2. The van der Waals surface area contributed by atoms with Crippen molar-refractivity contribution in [1.29, 1.82) is 0 Å². The molecule has 9 nitrogen and oxygen atoms in total. The van der Waals surface area contributed by atoms with E-state index in [4.69, 9.17) is 9.47 Å². The zero-order valence-corrected chi connectivity index (χ0v) is 18.4. The van der Waals surface area contributed by atoms with Crippen molar-refractivity contribution in [2.45, 2.75) is 18.2 Å². The highest BCUT2D eigenvalue weighted by molar-refractivity contribution is 7.90. The lowest BCUT2D eigenvalue weighted by Gasteiger charge is -2.20. The summed E-state index contributed by atoms with van der Waals surface area (Å²) in [5.41, 5.74) is 1.62. The molecule has 0 aromatic heterocycles. The number of sulfonamides is 1. The third-order valence-electron chi connectivity index (χ3n) is 5.53. The van der Waals surface area contributed by atoms with E-state index < -0.39 is 27.8 Å². The fraction of sp³-hybridized carbons (Fsp3) is 0.318. The number of benzene rings is 2. The molecule has 10 heteroatoms. The molecule has 168 valence electrons. The predicted octanol–water partition coefficient (Wildman–Crippen LogP) is 1.74. The van der Waals surface area contributed by atoms with Gasteiger partial charge in [0.15, 0.2) is 0 Å². The largest absolute Gasteiger partial charge is 0.495 e. The fourth-order valence-electron chi connectivity index (χ4n) is 3.91. The summed E-state index contributed by atoms with van der Waals surface area (Å²) in [5.74, 6) is -1.67. The number of nitrogens with zero attached hydrogens (tertiary/aromatic N) is 2. The van der Waals surface area contributed by atoms with Gasteiger partial charge in [-0.3, -0.25) is 14.4 Å². The Bertz CT molecular complexity index is 1210. The average molecular weight is 458 g/mol. The van der Waals surface area contributed by atoms with Crippen LogP contribution in [0.25, 0.3) is 0 Å². The molecule has 0 bridgehead atoms. The van der Waals surface area contributed by atoms with E-state index in [0.717, 1.165) is 5.56 Å². The quantitative estimate of drug-likeness (QED) is 0.607. The molecule has 1 saturated heterocycles. The Labute approximate surface area is 185 Å². The zero-order valence-electron chi connectivity index (χ0n) is 17.6. The first kappa shape index (κ1) is 21.8. The van der Waals surface area contributed by atoms with Gasteiger partial charge in [0.05, 0.1) is 30.8 Å². The number of anilines is 1. The molecule has 2 aliphatic rings. The molecular weight excluding hydrogens is 436 g/mol. The van der Waals surface area contributed by atoms with Crippen LogP contribution in [0, 0.1) is 12.8 Å². The lowest BCUT2D eigenvalue weighted by Crippen LogP contribution is -2.34. The highest BCUT2D eigenvalue weighted by Crippen LogP contribution is 2.34. The minimum Gasteiger partial charge on any atom is -0.495 e. The van der Waals surface area contributed by atoms with Crippen LogP contribution in [0.4, 0.5) is 5.69 Å². The number of methoxy groups -OCH3 is 1. The van der Waals surface area contributed by atoms with Crippen molar-refractivity contribution < 1.29 is 32.3 Å². The Morgan fingerprint density at radius 2 is 1.91 bits per heavy atom. The van der Waals surface area contributed by atoms with Crippen molar-refractivity contribution in [3.05, 3.63) is 53.6 Å². The number of hydrogen-bond donors (Lipinski definition) is 0. The molecule has 0 radical (unpaired) electrons. The normalized spacial score (nSPS) is 19.2. The Balaban J connectivity index is 1.38. The molecule has 4 rings (SSSR count). The topological polar surface area (TPSA) is 110 Å². The molecule has 2 aliphatic heterocycles. The number of fused-ring (bicyclic) bond motifs is 1. The molecule has 1 fully saturated rings. The lowest BCUT2D eigenvalue weighted by molar-refractivity contribution is -0.148. The summed E-state index contributed by atoms with van der Waals surface area (Å²) in [6.07, 6.45) is -0.0255. The van der Waals surface area contributed by atoms with Crippen LogP contribution >= 0.6 is 0 Å². The lowest BCUT2D eigenvalue weighted by atomic mass is 10.1. The van der Waals surface area contributed by atoms with Crippen molar-refractivity contribution >= 4 is 33.5 Å². The van der Waals surface area contributed by atoms with Gasteiger partial charge in [-0.2, -0.15) is 0 Å². The van der Waals surface area contributed by atoms with Crippen LogP contribution in [0.2, 0.25) is 0 Å². The second kappa shape index (κ2) is 8.27. The van der Waals surface area contributed by atoms with Gasteiger partial charge in [-0.05, 0) is 36.8 Å². The van der Waals surface area contributed by atoms with Crippen LogP contribution in [0.15, 0.2) is 47.4 Å². The fourth-order valence-corrected chi connectivity index (χ4v) is 5.46. The van der Waals surface area contributed by atoms with Gasteiger partial charge in [-0.15, -0.1) is 0 Å². The zero-order chi connectivity index (χ0) is 23.0. The Hall–Kier alpha value is -3.40. The van der Waals surface area contributed by atoms with E-state index in [1.165, 1.54) is 24.1 Å². The Morgan fingerprint density at radius 3 is 2.62 bits per heavy atom. The van der Waals surface area contributed by atoms with Crippen molar-refractivity contribution in [2.24, 2.45) is 5.92 Å². The van der Waals surface area contributed by atoms with Gasteiger partial charge >= 0.3 is 5.97 Å². The van der Waals surface area contributed by atoms with Gasteiger partial charge in [0.1, 0.15) is 17.3 Å². The second-order valence-electron chi connectivity index (χ2n) is 7.63. The molecule has 1 atom stereocenters. The maximum atomic E-state index is 12.6. The second-order valence-corrected chi connectivity index (χ2v) is 9.46. The summed E-state index contributed by atoms with van der Waals surface area (Å²) < 4.78 is 36.4.